The van der Waals surface area contributed by atoms with Crippen molar-refractivity contribution in [2.24, 2.45) is 5.92 Å². The van der Waals surface area contributed by atoms with E-state index in [2.05, 4.69) is 45.4 Å². The third kappa shape index (κ3) is 7.91. The van der Waals surface area contributed by atoms with E-state index < -0.39 is 0 Å². The van der Waals surface area contributed by atoms with E-state index in [9.17, 15) is 9.59 Å². The number of carbonyl (C=O) groups excluding carboxylic acids is 2. The average molecular weight is 477 g/mol. The molecule has 6 heteroatoms. The van der Waals surface area contributed by atoms with E-state index in [0.29, 0.717) is 12.3 Å². The zero-order valence-electron chi connectivity index (χ0n) is 21.1. The predicted octanol–water partition coefficient (Wildman–Crippen LogP) is 3.56. The van der Waals surface area contributed by atoms with Crippen LogP contribution in [0.25, 0.3) is 0 Å². The van der Waals surface area contributed by atoms with Gasteiger partial charge in [0.15, 0.2) is 0 Å². The van der Waals surface area contributed by atoms with Gasteiger partial charge in [-0.25, -0.2) is 0 Å². The fourth-order valence-corrected chi connectivity index (χ4v) is 5.10. The van der Waals surface area contributed by atoms with Gasteiger partial charge in [-0.1, -0.05) is 48.0 Å². The molecule has 2 aliphatic heterocycles. The molecule has 2 aromatic rings. The molecule has 2 aliphatic rings. The van der Waals surface area contributed by atoms with Crippen LogP contribution >= 0.6 is 0 Å². The molecule has 2 amide bonds. The maximum atomic E-state index is 12.7. The Balaban J connectivity index is 1.05. The lowest BCUT2D eigenvalue weighted by Crippen LogP contribution is -2.46. The molecule has 0 bridgehead atoms. The second-order valence-electron chi connectivity index (χ2n) is 10.1. The number of hydrogen-bond donors (Lipinski definition) is 1. The van der Waals surface area contributed by atoms with Gasteiger partial charge >= 0.3 is 0 Å². The first kappa shape index (κ1) is 25.4. The molecule has 0 unspecified atom stereocenters. The van der Waals surface area contributed by atoms with Crippen LogP contribution in [0.2, 0.25) is 0 Å². The molecule has 0 spiro atoms. The van der Waals surface area contributed by atoms with Crippen LogP contribution in [0.3, 0.4) is 0 Å². The molecular weight excluding hydrogens is 436 g/mol. The fraction of sp³-hybridized carbons (Fsp3) is 0.517. The summed E-state index contributed by atoms with van der Waals surface area (Å²) in [6.07, 6.45) is 3.37. The van der Waals surface area contributed by atoms with Gasteiger partial charge in [0.2, 0.25) is 5.91 Å². The lowest BCUT2D eigenvalue weighted by atomic mass is 9.93. The monoisotopic (exact) mass is 476 g/mol. The standard InChI is InChI=1S/C29H40N4O2/c1-24-8-10-27(11-9-24)29(35)33-16-12-25(13-17-33)22-28(34)30-14-5-15-31-18-20-32(21-19-31)23-26-6-3-2-4-7-26/h2-4,6-11,25H,5,12-23H2,1H3,(H,30,34). The zero-order valence-corrected chi connectivity index (χ0v) is 21.1. The minimum Gasteiger partial charge on any atom is -0.356 e. The number of likely N-dealkylation sites (tertiary alicyclic amines) is 1. The van der Waals surface area contributed by atoms with Crippen LogP contribution in [0.1, 0.15) is 47.2 Å². The number of benzene rings is 2. The average Bonchev–Trinajstić information content (AvgIpc) is 2.89. The Bertz CT molecular complexity index is 931. The second-order valence-corrected chi connectivity index (χ2v) is 10.1. The van der Waals surface area contributed by atoms with Crippen molar-refractivity contribution in [3.8, 4) is 0 Å². The highest BCUT2D eigenvalue weighted by molar-refractivity contribution is 5.94. The van der Waals surface area contributed by atoms with E-state index in [1.54, 1.807) is 0 Å². The topological polar surface area (TPSA) is 55.9 Å². The highest BCUT2D eigenvalue weighted by atomic mass is 16.2. The van der Waals surface area contributed by atoms with Gasteiger partial charge in [0.25, 0.3) is 5.91 Å². The third-order valence-corrected chi connectivity index (χ3v) is 7.36. The normalized spacial score (nSPS) is 17.9. The third-order valence-electron chi connectivity index (χ3n) is 7.36. The van der Waals surface area contributed by atoms with Crippen LogP contribution in [-0.2, 0) is 11.3 Å². The molecule has 0 atom stereocenters. The highest BCUT2D eigenvalue weighted by Crippen LogP contribution is 2.22. The first-order valence-corrected chi connectivity index (χ1v) is 13.2. The lowest BCUT2D eigenvalue weighted by molar-refractivity contribution is -0.122. The van der Waals surface area contributed by atoms with Crippen LogP contribution in [0.5, 0.6) is 0 Å². The van der Waals surface area contributed by atoms with E-state index in [4.69, 9.17) is 0 Å². The van der Waals surface area contributed by atoms with Crippen molar-refractivity contribution in [1.82, 2.24) is 20.0 Å². The van der Waals surface area contributed by atoms with Crippen molar-refractivity contribution < 1.29 is 9.59 Å². The maximum absolute atomic E-state index is 12.7. The van der Waals surface area contributed by atoms with Crippen molar-refractivity contribution in [2.45, 2.75) is 39.2 Å². The molecule has 188 valence electrons. The molecule has 6 nitrogen and oxygen atoms in total. The fourth-order valence-electron chi connectivity index (χ4n) is 5.10. The number of piperazine rings is 1. The smallest absolute Gasteiger partial charge is 0.253 e. The van der Waals surface area contributed by atoms with Crippen LogP contribution in [0.4, 0.5) is 0 Å². The van der Waals surface area contributed by atoms with Gasteiger partial charge in [0.05, 0.1) is 0 Å². The van der Waals surface area contributed by atoms with Crippen molar-refractivity contribution in [1.29, 1.82) is 0 Å². The largest absolute Gasteiger partial charge is 0.356 e. The molecule has 0 radical (unpaired) electrons. The lowest BCUT2D eigenvalue weighted by Gasteiger charge is -2.34. The summed E-state index contributed by atoms with van der Waals surface area (Å²) in [5.74, 6) is 0.629. The number of piperidine rings is 1. The minimum absolute atomic E-state index is 0.105. The van der Waals surface area contributed by atoms with Gasteiger partial charge < -0.3 is 15.1 Å². The summed E-state index contributed by atoms with van der Waals surface area (Å²) in [7, 11) is 0. The molecule has 4 rings (SSSR count). The molecule has 2 saturated heterocycles. The van der Waals surface area contributed by atoms with E-state index >= 15 is 0 Å². The van der Waals surface area contributed by atoms with E-state index in [1.165, 1.54) is 5.56 Å². The summed E-state index contributed by atoms with van der Waals surface area (Å²) < 4.78 is 0. The van der Waals surface area contributed by atoms with E-state index in [-0.39, 0.29) is 11.8 Å². The molecule has 0 saturated carbocycles. The van der Waals surface area contributed by atoms with Crippen molar-refractivity contribution in [2.75, 3.05) is 52.4 Å². The number of nitrogens with one attached hydrogen (secondary N) is 1. The SMILES string of the molecule is Cc1ccc(C(=O)N2CCC(CC(=O)NCCCN3CCN(Cc4ccccc4)CC3)CC2)cc1. The zero-order chi connectivity index (χ0) is 24.5. The molecule has 2 heterocycles. The summed E-state index contributed by atoms with van der Waals surface area (Å²) in [6, 6.07) is 18.5. The van der Waals surface area contributed by atoms with Crippen LogP contribution < -0.4 is 5.32 Å². The predicted molar refractivity (Wildman–Crippen MR) is 140 cm³/mol. The van der Waals surface area contributed by atoms with Crippen LogP contribution in [-0.4, -0.2) is 78.9 Å². The van der Waals surface area contributed by atoms with Crippen LogP contribution in [0, 0.1) is 12.8 Å². The Labute approximate surface area is 210 Å². The Hall–Kier alpha value is -2.70. The molecule has 0 aromatic heterocycles. The number of aryl methyl sites for hydroxylation is 1. The molecular formula is C29H40N4O2. The Kier molecular flexibility index (Phi) is 9.32. The van der Waals surface area contributed by atoms with Gasteiger partial charge in [-0.2, -0.15) is 0 Å². The molecule has 2 aromatic carbocycles. The number of hydrogen-bond acceptors (Lipinski definition) is 4. The van der Waals surface area contributed by atoms with Gasteiger partial charge in [0, 0.05) is 64.3 Å². The van der Waals surface area contributed by atoms with E-state index in [0.717, 1.165) is 89.3 Å². The summed E-state index contributed by atoms with van der Waals surface area (Å²) in [6.45, 7) is 10.7. The van der Waals surface area contributed by atoms with Gasteiger partial charge in [-0.05, 0) is 56.3 Å². The Morgan fingerprint density at radius 2 is 1.51 bits per heavy atom. The van der Waals surface area contributed by atoms with Crippen LogP contribution in [0.15, 0.2) is 54.6 Å². The Morgan fingerprint density at radius 3 is 2.20 bits per heavy atom. The summed E-state index contributed by atoms with van der Waals surface area (Å²) in [5.41, 5.74) is 3.30. The summed E-state index contributed by atoms with van der Waals surface area (Å²) in [4.78, 5) is 32.1. The van der Waals surface area contributed by atoms with E-state index in [1.807, 2.05) is 36.1 Å². The molecule has 2 fully saturated rings. The molecule has 1 N–H and O–H groups in total. The Morgan fingerprint density at radius 1 is 0.857 bits per heavy atom. The number of nitrogens with zero attached hydrogens (tertiary/aromatic N) is 3. The minimum atomic E-state index is 0.105. The molecule has 0 aliphatic carbocycles. The quantitative estimate of drug-likeness (QED) is 0.563. The number of rotatable bonds is 9. The van der Waals surface area contributed by atoms with Gasteiger partial charge in [0.1, 0.15) is 0 Å². The first-order valence-electron chi connectivity index (χ1n) is 13.2. The first-order chi connectivity index (χ1) is 17.1. The van der Waals surface area contributed by atoms with Crippen molar-refractivity contribution in [3.05, 3.63) is 71.3 Å². The number of carbonyl (C=O) groups is 2. The number of amides is 2. The second kappa shape index (κ2) is 12.8. The summed E-state index contributed by atoms with van der Waals surface area (Å²) in [5, 5.41) is 3.12. The summed E-state index contributed by atoms with van der Waals surface area (Å²) >= 11 is 0. The van der Waals surface area contributed by atoms with Gasteiger partial charge in [-0.3, -0.25) is 14.5 Å². The van der Waals surface area contributed by atoms with Gasteiger partial charge in [-0.15, -0.1) is 0 Å². The highest BCUT2D eigenvalue weighted by Gasteiger charge is 2.25. The maximum Gasteiger partial charge on any atom is 0.253 e. The van der Waals surface area contributed by atoms with Crippen molar-refractivity contribution >= 4 is 11.8 Å². The van der Waals surface area contributed by atoms with Crippen molar-refractivity contribution in [3.63, 3.8) is 0 Å². The molecule has 35 heavy (non-hydrogen) atoms.